The first kappa shape index (κ1) is 20.2. The van der Waals surface area contributed by atoms with E-state index in [2.05, 4.69) is 41.8 Å². The normalized spacial score (nSPS) is 17.0. The Morgan fingerprint density at radius 1 is 0.963 bits per heavy atom. The molecule has 0 aliphatic carbocycles. The molecule has 1 N–H and O–H groups in total. The number of ether oxygens (including phenoxy) is 1. The van der Waals surface area contributed by atoms with Crippen LogP contribution in [0.4, 0.5) is 0 Å². The van der Waals surface area contributed by atoms with Gasteiger partial charge in [0.05, 0.1) is 0 Å². The topological polar surface area (TPSA) is 35.9 Å². The second kappa shape index (κ2) is 9.56. The van der Waals surface area contributed by atoms with E-state index in [1.807, 2.05) is 24.3 Å². The summed E-state index contributed by atoms with van der Waals surface area (Å²) in [6.07, 6.45) is -0.478. The average molecular weight is 389 g/mol. The summed E-state index contributed by atoms with van der Waals surface area (Å²) in [5.41, 5.74) is 3.64. The van der Waals surface area contributed by atoms with Gasteiger partial charge in [0, 0.05) is 44.3 Å². The van der Waals surface area contributed by atoms with Gasteiger partial charge in [-0.2, -0.15) is 0 Å². The highest BCUT2D eigenvalue weighted by Gasteiger charge is 2.19. The summed E-state index contributed by atoms with van der Waals surface area (Å²) in [5.74, 6) is 0.833. The van der Waals surface area contributed by atoms with Crippen molar-refractivity contribution in [2.75, 3.05) is 39.3 Å². The maximum absolute atomic E-state index is 10.3. The van der Waals surface area contributed by atoms with E-state index in [0.717, 1.165) is 43.5 Å². The van der Waals surface area contributed by atoms with Gasteiger partial charge in [-0.15, -0.1) is 0 Å². The monoisotopic (exact) mass is 388 g/mol. The molecule has 146 valence electrons. The summed E-state index contributed by atoms with van der Waals surface area (Å²) in [6.45, 7) is 9.99. The van der Waals surface area contributed by atoms with Crippen molar-refractivity contribution in [2.45, 2.75) is 26.5 Å². The molecule has 0 spiro atoms. The average Bonchev–Trinajstić information content (AvgIpc) is 2.63. The van der Waals surface area contributed by atoms with Crippen LogP contribution in [0, 0.1) is 13.8 Å². The van der Waals surface area contributed by atoms with Crippen LogP contribution in [0.5, 0.6) is 5.75 Å². The van der Waals surface area contributed by atoms with E-state index in [0.29, 0.717) is 13.2 Å². The lowest BCUT2D eigenvalue weighted by atomic mass is 10.1. The molecule has 1 heterocycles. The third-order valence-electron chi connectivity index (χ3n) is 4.89. The number of aliphatic hydroxyl groups excluding tert-OH is 1. The Morgan fingerprint density at radius 3 is 2.19 bits per heavy atom. The first-order chi connectivity index (χ1) is 13.0. The van der Waals surface area contributed by atoms with Crippen molar-refractivity contribution in [3.63, 3.8) is 0 Å². The quantitative estimate of drug-likeness (QED) is 0.787. The molecule has 0 radical (unpaired) electrons. The fraction of sp³-hybridized carbons (Fsp3) is 0.455. The molecule has 0 bridgehead atoms. The van der Waals surface area contributed by atoms with Gasteiger partial charge in [-0.25, -0.2) is 0 Å². The zero-order valence-corrected chi connectivity index (χ0v) is 17.0. The minimum atomic E-state index is -0.478. The van der Waals surface area contributed by atoms with Crippen LogP contribution in [0.15, 0.2) is 42.5 Å². The summed E-state index contributed by atoms with van der Waals surface area (Å²) in [5, 5.41) is 11.1. The second-order valence-electron chi connectivity index (χ2n) is 7.49. The predicted octanol–water partition coefficient (Wildman–Crippen LogP) is 3.51. The number of aliphatic hydroxyl groups is 1. The van der Waals surface area contributed by atoms with Crippen LogP contribution in [0.2, 0.25) is 5.02 Å². The number of hydrogen-bond acceptors (Lipinski definition) is 4. The molecule has 3 rings (SSSR count). The lowest BCUT2D eigenvalue weighted by Crippen LogP contribution is -2.48. The van der Waals surface area contributed by atoms with Crippen molar-refractivity contribution in [1.29, 1.82) is 0 Å². The number of piperazine rings is 1. The van der Waals surface area contributed by atoms with E-state index in [9.17, 15) is 5.11 Å². The molecule has 4 nitrogen and oxygen atoms in total. The minimum absolute atomic E-state index is 0.327. The van der Waals surface area contributed by atoms with Gasteiger partial charge < -0.3 is 9.84 Å². The van der Waals surface area contributed by atoms with Crippen molar-refractivity contribution in [2.24, 2.45) is 0 Å². The largest absolute Gasteiger partial charge is 0.491 e. The molecule has 27 heavy (non-hydrogen) atoms. The van der Waals surface area contributed by atoms with E-state index in [4.69, 9.17) is 16.3 Å². The number of halogens is 1. The van der Waals surface area contributed by atoms with Crippen LogP contribution in [0.3, 0.4) is 0 Å². The van der Waals surface area contributed by atoms with Gasteiger partial charge in [-0.05, 0) is 54.8 Å². The number of hydrogen-bond donors (Lipinski definition) is 1. The molecular weight excluding hydrogens is 360 g/mol. The Labute approximate surface area is 167 Å². The maximum atomic E-state index is 10.3. The molecule has 1 aliphatic heterocycles. The van der Waals surface area contributed by atoms with Crippen molar-refractivity contribution in [3.8, 4) is 5.75 Å². The highest BCUT2D eigenvalue weighted by molar-refractivity contribution is 6.30. The summed E-state index contributed by atoms with van der Waals surface area (Å²) in [6, 6.07) is 14.2. The SMILES string of the molecule is Cc1cc(C)cc(OC[C@H](O)CN2CCN(Cc3ccc(Cl)cc3)CC2)c1. The Kier molecular flexibility index (Phi) is 7.13. The molecular formula is C22H29ClN2O2. The van der Waals surface area contributed by atoms with Gasteiger partial charge in [0.15, 0.2) is 0 Å². The summed E-state index contributed by atoms with van der Waals surface area (Å²) < 4.78 is 5.78. The molecule has 1 aliphatic rings. The van der Waals surface area contributed by atoms with Gasteiger partial charge >= 0.3 is 0 Å². The molecule has 2 aromatic carbocycles. The van der Waals surface area contributed by atoms with E-state index >= 15 is 0 Å². The standard InChI is InChI=1S/C22H29ClN2O2/c1-17-11-18(2)13-22(12-17)27-16-21(26)15-25-9-7-24(8-10-25)14-19-3-5-20(23)6-4-19/h3-6,11-13,21,26H,7-10,14-16H2,1-2H3/t21-/m1/s1. The van der Waals surface area contributed by atoms with Crippen molar-refractivity contribution in [3.05, 3.63) is 64.2 Å². The lowest BCUT2D eigenvalue weighted by Gasteiger charge is -2.35. The van der Waals surface area contributed by atoms with Gasteiger partial charge in [-0.3, -0.25) is 9.80 Å². The van der Waals surface area contributed by atoms with E-state index in [1.54, 1.807) is 0 Å². The van der Waals surface area contributed by atoms with Crippen LogP contribution in [-0.4, -0.2) is 60.3 Å². The lowest BCUT2D eigenvalue weighted by molar-refractivity contribution is 0.0446. The highest BCUT2D eigenvalue weighted by atomic mass is 35.5. The molecule has 2 aromatic rings. The van der Waals surface area contributed by atoms with Gasteiger partial charge in [-0.1, -0.05) is 29.8 Å². The summed E-state index contributed by atoms with van der Waals surface area (Å²) in [7, 11) is 0. The van der Waals surface area contributed by atoms with Crippen LogP contribution >= 0.6 is 11.6 Å². The fourth-order valence-corrected chi connectivity index (χ4v) is 3.66. The van der Waals surface area contributed by atoms with Crippen LogP contribution in [0.1, 0.15) is 16.7 Å². The number of nitrogens with zero attached hydrogens (tertiary/aromatic N) is 2. The zero-order chi connectivity index (χ0) is 19.2. The summed E-state index contributed by atoms with van der Waals surface area (Å²) >= 11 is 5.95. The Bertz CT molecular complexity index is 707. The summed E-state index contributed by atoms with van der Waals surface area (Å²) in [4.78, 5) is 4.76. The zero-order valence-electron chi connectivity index (χ0n) is 16.2. The molecule has 5 heteroatoms. The molecule has 0 unspecified atom stereocenters. The molecule has 0 amide bonds. The molecule has 1 fully saturated rings. The third-order valence-corrected chi connectivity index (χ3v) is 5.14. The van der Waals surface area contributed by atoms with E-state index in [-0.39, 0.29) is 0 Å². The van der Waals surface area contributed by atoms with Crippen molar-refractivity contribution >= 4 is 11.6 Å². The van der Waals surface area contributed by atoms with Gasteiger partial charge in [0.1, 0.15) is 18.5 Å². The van der Waals surface area contributed by atoms with Gasteiger partial charge in [0.25, 0.3) is 0 Å². The predicted molar refractivity (Wildman–Crippen MR) is 111 cm³/mol. The first-order valence-corrected chi connectivity index (χ1v) is 9.94. The third kappa shape index (κ3) is 6.51. The number of benzene rings is 2. The number of β-amino-alcohol motifs (C(OH)–C–C–N with tert-alkyl or cyclic N) is 1. The highest BCUT2D eigenvalue weighted by Crippen LogP contribution is 2.17. The first-order valence-electron chi connectivity index (χ1n) is 9.56. The second-order valence-corrected chi connectivity index (χ2v) is 7.93. The Balaban J connectivity index is 1.38. The Hall–Kier alpha value is -1.59. The molecule has 1 atom stereocenters. The molecule has 1 saturated heterocycles. The van der Waals surface area contributed by atoms with E-state index in [1.165, 1.54) is 16.7 Å². The van der Waals surface area contributed by atoms with Crippen molar-refractivity contribution < 1.29 is 9.84 Å². The number of aryl methyl sites for hydroxylation is 2. The minimum Gasteiger partial charge on any atom is -0.491 e. The van der Waals surface area contributed by atoms with Crippen molar-refractivity contribution in [1.82, 2.24) is 9.80 Å². The van der Waals surface area contributed by atoms with Gasteiger partial charge in [0.2, 0.25) is 0 Å². The molecule has 0 saturated carbocycles. The fourth-order valence-electron chi connectivity index (χ4n) is 3.54. The maximum Gasteiger partial charge on any atom is 0.119 e. The van der Waals surface area contributed by atoms with Crippen LogP contribution < -0.4 is 4.74 Å². The van der Waals surface area contributed by atoms with Crippen LogP contribution in [-0.2, 0) is 6.54 Å². The van der Waals surface area contributed by atoms with E-state index < -0.39 is 6.10 Å². The molecule has 0 aromatic heterocycles. The number of rotatable bonds is 7. The Morgan fingerprint density at radius 2 is 1.56 bits per heavy atom. The smallest absolute Gasteiger partial charge is 0.119 e. The van der Waals surface area contributed by atoms with Crippen LogP contribution in [0.25, 0.3) is 0 Å².